The SMILES string of the molecule is COc1ccccc1CCNc1ccc(C(=O)N2CCC3(CC2)OCCO3)cn1. The smallest absolute Gasteiger partial charge is 0.255 e. The Balaban J connectivity index is 1.28. The van der Waals surface area contributed by atoms with E-state index in [2.05, 4.69) is 16.4 Å². The molecule has 1 aromatic heterocycles. The minimum Gasteiger partial charge on any atom is -0.496 e. The number of piperidine rings is 1. The summed E-state index contributed by atoms with van der Waals surface area (Å²) >= 11 is 0. The number of likely N-dealkylation sites (tertiary alicyclic amines) is 1. The zero-order valence-corrected chi connectivity index (χ0v) is 16.7. The van der Waals surface area contributed by atoms with Crippen molar-refractivity contribution >= 4 is 11.7 Å². The Morgan fingerprint density at radius 1 is 1.17 bits per heavy atom. The quantitative estimate of drug-likeness (QED) is 0.808. The highest BCUT2D eigenvalue weighted by atomic mass is 16.7. The number of hydrogen-bond acceptors (Lipinski definition) is 6. The van der Waals surface area contributed by atoms with Crippen LogP contribution < -0.4 is 10.1 Å². The molecule has 1 spiro atoms. The lowest BCUT2D eigenvalue weighted by atomic mass is 10.0. The first-order chi connectivity index (χ1) is 14.2. The van der Waals surface area contributed by atoms with E-state index < -0.39 is 5.79 Å². The first kappa shape index (κ1) is 19.7. The lowest BCUT2D eigenvalue weighted by molar-refractivity contribution is -0.181. The number of methoxy groups -OCH3 is 1. The molecule has 2 aromatic rings. The molecular formula is C22H27N3O4. The molecule has 3 heterocycles. The van der Waals surface area contributed by atoms with Gasteiger partial charge in [0.2, 0.25) is 0 Å². The van der Waals surface area contributed by atoms with Crippen molar-refractivity contribution in [3.05, 3.63) is 53.7 Å². The maximum absolute atomic E-state index is 12.8. The van der Waals surface area contributed by atoms with Gasteiger partial charge in [0.15, 0.2) is 5.79 Å². The molecule has 0 atom stereocenters. The highest BCUT2D eigenvalue weighted by Gasteiger charge is 2.40. The second-order valence-electron chi connectivity index (χ2n) is 7.32. The van der Waals surface area contributed by atoms with Gasteiger partial charge in [-0.1, -0.05) is 18.2 Å². The van der Waals surface area contributed by atoms with Gasteiger partial charge in [-0.25, -0.2) is 4.98 Å². The Bertz CT molecular complexity index is 824. The van der Waals surface area contributed by atoms with Gasteiger partial charge in [-0.15, -0.1) is 0 Å². The van der Waals surface area contributed by atoms with Crippen LogP contribution in [0.1, 0.15) is 28.8 Å². The normalized spacial score (nSPS) is 18.0. The minimum absolute atomic E-state index is 0.00548. The van der Waals surface area contributed by atoms with E-state index in [1.54, 1.807) is 13.3 Å². The standard InChI is InChI=1S/C22H27N3O4/c1-27-19-5-3-2-4-17(19)8-11-23-20-7-6-18(16-24-20)21(26)25-12-9-22(10-13-25)28-14-15-29-22/h2-7,16H,8-15H2,1H3,(H,23,24). The van der Waals surface area contributed by atoms with Crippen LogP contribution in [0, 0.1) is 0 Å². The number of ether oxygens (including phenoxy) is 3. The molecule has 1 N–H and O–H groups in total. The number of para-hydroxylation sites is 1. The van der Waals surface area contributed by atoms with E-state index in [1.807, 2.05) is 35.2 Å². The molecule has 0 aliphatic carbocycles. The highest BCUT2D eigenvalue weighted by Crippen LogP contribution is 2.31. The largest absolute Gasteiger partial charge is 0.496 e. The Morgan fingerprint density at radius 3 is 2.62 bits per heavy atom. The molecule has 1 amide bonds. The van der Waals surface area contributed by atoms with Crippen LogP contribution in [0.25, 0.3) is 0 Å². The van der Waals surface area contributed by atoms with Gasteiger partial charge in [-0.3, -0.25) is 4.79 Å². The van der Waals surface area contributed by atoms with Gasteiger partial charge in [-0.2, -0.15) is 0 Å². The number of rotatable bonds is 6. The molecule has 2 fully saturated rings. The maximum Gasteiger partial charge on any atom is 0.255 e. The zero-order chi connectivity index (χ0) is 20.1. The van der Waals surface area contributed by atoms with E-state index in [0.29, 0.717) is 31.9 Å². The predicted molar refractivity (Wildman–Crippen MR) is 109 cm³/mol. The molecule has 7 heteroatoms. The van der Waals surface area contributed by atoms with Crippen molar-refractivity contribution in [1.29, 1.82) is 0 Å². The summed E-state index contributed by atoms with van der Waals surface area (Å²) in [5.41, 5.74) is 1.75. The fourth-order valence-corrected chi connectivity index (χ4v) is 3.88. The van der Waals surface area contributed by atoms with Crippen LogP contribution >= 0.6 is 0 Å². The third-order valence-corrected chi connectivity index (χ3v) is 5.53. The summed E-state index contributed by atoms with van der Waals surface area (Å²) < 4.78 is 16.8. The van der Waals surface area contributed by atoms with Crippen LogP contribution in [0.3, 0.4) is 0 Å². The fourth-order valence-electron chi connectivity index (χ4n) is 3.88. The van der Waals surface area contributed by atoms with Crippen molar-refractivity contribution in [2.75, 3.05) is 45.3 Å². The monoisotopic (exact) mass is 397 g/mol. The lowest BCUT2D eigenvalue weighted by Crippen LogP contribution is -2.47. The second-order valence-corrected chi connectivity index (χ2v) is 7.32. The van der Waals surface area contributed by atoms with Gasteiger partial charge in [0.1, 0.15) is 11.6 Å². The van der Waals surface area contributed by atoms with Gasteiger partial charge in [0, 0.05) is 38.7 Å². The van der Waals surface area contributed by atoms with E-state index in [1.165, 1.54) is 0 Å². The molecule has 0 unspecified atom stereocenters. The fraction of sp³-hybridized carbons (Fsp3) is 0.455. The molecule has 2 aliphatic heterocycles. The van der Waals surface area contributed by atoms with E-state index in [9.17, 15) is 4.79 Å². The average Bonchev–Trinajstić information content (AvgIpc) is 3.22. The van der Waals surface area contributed by atoms with Crippen molar-refractivity contribution in [2.45, 2.75) is 25.0 Å². The second kappa shape index (κ2) is 8.80. The van der Waals surface area contributed by atoms with Crippen molar-refractivity contribution in [1.82, 2.24) is 9.88 Å². The summed E-state index contributed by atoms with van der Waals surface area (Å²) in [6.07, 6.45) is 3.90. The molecule has 1 aromatic carbocycles. The highest BCUT2D eigenvalue weighted by molar-refractivity contribution is 5.94. The predicted octanol–water partition coefficient (Wildman–Crippen LogP) is 2.72. The molecule has 2 saturated heterocycles. The van der Waals surface area contributed by atoms with Crippen molar-refractivity contribution in [3.63, 3.8) is 0 Å². The lowest BCUT2D eigenvalue weighted by Gasteiger charge is -2.37. The van der Waals surface area contributed by atoms with Crippen LogP contribution in [0.15, 0.2) is 42.6 Å². The number of amides is 1. The van der Waals surface area contributed by atoms with Gasteiger partial charge in [0.05, 0.1) is 25.9 Å². The summed E-state index contributed by atoms with van der Waals surface area (Å²) in [5, 5.41) is 3.30. The molecule has 29 heavy (non-hydrogen) atoms. The van der Waals surface area contributed by atoms with Crippen LogP contribution in [0.4, 0.5) is 5.82 Å². The first-order valence-electron chi connectivity index (χ1n) is 10.1. The molecule has 0 radical (unpaired) electrons. The number of carbonyl (C=O) groups is 1. The van der Waals surface area contributed by atoms with E-state index in [4.69, 9.17) is 14.2 Å². The molecule has 4 rings (SSSR count). The number of nitrogens with one attached hydrogen (secondary N) is 1. The van der Waals surface area contributed by atoms with E-state index >= 15 is 0 Å². The summed E-state index contributed by atoms with van der Waals surface area (Å²) in [6, 6.07) is 11.7. The third kappa shape index (κ3) is 4.52. The maximum atomic E-state index is 12.8. The summed E-state index contributed by atoms with van der Waals surface area (Å²) in [6.45, 7) is 3.29. The van der Waals surface area contributed by atoms with Crippen LogP contribution in [0.2, 0.25) is 0 Å². The number of carbonyl (C=O) groups excluding carboxylic acids is 1. The first-order valence-corrected chi connectivity index (χ1v) is 10.1. The van der Waals surface area contributed by atoms with Crippen molar-refractivity contribution < 1.29 is 19.0 Å². The van der Waals surface area contributed by atoms with Crippen LogP contribution in [-0.2, 0) is 15.9 Å². The van der Waals surface area contributed by atoms with E-state index in [-0.39, 0.29) is 5.91 Å². The van der Waals surface area contributed by atoms with Gasteiger partial charge in [-0.05, 0) is 30.2 Å². The van der Waals surface area contributed by atoms with Crippen molar-refractivity contribution in [2.24, 2.45) is 0 Å². The summed E-state index contributed by atoms with van der Waals surface area (Å²) in [7, 11) is 1.68. The molecule has 2 aliphatic rings. The zero-order valence-electron chi connectivity index (χ0n) is 16.7. The molecular weight excluding hydrogens is 370 g/mol. The number of nitrogens with zero attached hydrogens (tertiary/aromatic N) is 2. The van der Waals surface area contributed by atoms with Crippen LogP contribution in [-0.4, -0.2) is 61.5 Å². The number of pyridine rings is 1. The Labute approximate surface area is 171 Å². The van der Waals surface area contributed by atoms with Crippen molar-refractivity contribution in [3.8, 4) is 5.75 Å². The Morgan fingerprint density at radius 2 is 1.93 bits per heavy atom. The molecule has 154 valence electrons. The van der Waals surface area contributed by atoms with E-state index in [0.717, 1.165) is 42.9 Å². The summed E-state index contributed by atoms with van der Waals surface area (Å²) in [5.74, 6) is 1.18. The Kier molecular flexibility index (Phi) is 5.97. The Hall–Kier alpha value is -2.64. The van der Waals surface area contributed by atoms with Gasteiger partial charge < -0.3 is 24.4 Å². The number of aromatic nitrogens is 1. The molecule has 0 bridgehead atoms. The minimum atomic E-state index is -0.468. The number of anilines is 1. The number of benzene rings is 1. The molecule has 7 nitrogen and oxygen atoms in total. The summed E-state index contributed by atoms with van der Waals surface area (Å²) in [4.78, 5) is 19.0. The van der Waals surface area contributed by atoms with Gasteiger partial charge >= 0.3 is 0 Å². The van der Waals surface area contributed by atoms with Gasteiger partial charge in [0.25, 0.3) is 5.91 Å². The third-order valence-electron chi connectivity index (χ3n) is 5.53. The number of hydrogen-bond donors (Lipinski definition) is 1. The van der Waals surface area contributed by atoms with Crippen LogP contribution in [0.5, 0.6) is 5.75 Å². The topological polar surface area (TPSA) is 72.9 Å². The average molecular weight is 397 g/mol. The molecule has 0 saturated carbocycles.